The monoisotopic (exact) mass is 420 g/mol. The molecule has 6 atom stereocenters. The largest absolute Gasteiger partial charge is 0.463 e. The first-order valence-corrected chi connectivity index (χ1v) is 11.6. The Bertz CT molecular complexity index is 710. The molecular weight excluding hydrogens is 380 g/mol. The van der Waals surface area contributed by atoms with Crippen LogP contribution >= 0.6 is 0 Å². The van der Waals surface area contributed by atoms with Crippen LogP contribution in [-0.4, -0.2) is 36.4 Å². The number of aliphatic hydroxyl groups is 1. The fraction of sp³-hybridized carbons (Fsp3) is 0.840. The highest BCUT2D eigenvalue weighted by molar-refractivity contribution is 5.74. The normalized spacial score (nSPS) is 38.5. The number of hydrogen-bond donors (Lipinski definition) is 1. The summed E-state index contributed by atoms with van der Waals surface area (Å²) in [6.45, 7) is 12.6. The highest BCUT2D eigenvalue weighted by Crippen LogP contribution is 2.68. The summed E-state index contributed by atoms with van der Waals surface area (Å²) in [5.74, 6) is -0.0976. The first kappa shape index (κ1) is 23.3. The molecule has 0 saturated heterocycles. The number of carbonyl (C=O) groups is 2. The van der Waals surface area contributed by atoms with E-state index >= 15 is 0 Å². The number of allylic oxidation sites excluding steroid dienone is 2. The van der Waals surface area contributed by atoms with Crippen LogP contribution in [0.1, 0.15) is 80.1 Å². The minimum Gasteiger partial charge on any atom is -0.463 e. The predicted octanol–water partition coefficient (Wildman–Crippen LogP) is 4.67. The van der Waals surface area contributed by atoms with Gasteiger partial charge in [-0.2, -0.15) is 0 Å². The molecule has 0 aromatic heterocycles. The summed E-state index contributed by atoms with van der Waals surface area (Å²) in [6.07, 6.45) is 8.20. The zero-order chi connectivity index (χ0) is 22.3. The van der Waals surface area contributed by atoms with Gasteiger partial charge in [-0.05, 0) is 60.2 Å². The van der Waals surface area contributed by atoms with Gasteiger partial charge in [0, 0.05) is 6.92 Å². The smallest absolute Gasteiger partial charge is 0.309 e. The lowest BCUT2D eigenvalue weighted by atomic mass is 9.40. The molecule has 0 spiro atoms. The predicted molar refractivity (Wildman–Crippen MR) is 116 cm³/mol. The fourth-order valence-corrected chi connectivity index (χ4v) is 6.84. The van der Waals surface area contributed by atoms with E-state index in [1.54, 1.807) is 5.57 Å². The molecule has 0 aromatic carbocycles. The topological polar surface area (TPSA) is 72.8 Å². The highest BCUT2D eigenvalue weighted by atomic mass is 16.6. The average molecular weight is 421 g/mol. The maximum Gasteiger partial charge on any atom is 0.309 e. The van der Waals surface area contributed by atoms with E-state index in [-0.39, 0.29) is 47.3 Å². The lowest BCUT2D eigenvalue weighted by Crippen LogP contribution is -2.58. The van der Waals surface area contributed by atoms with Gasteiger partial charge in [-0.1, -0.05) is 52.7 Å². The molecule has 30 heavy (non-hydrogen) atoms. The van der Waals surface area contributed by atoms with E-state index in [4.69, 9.17) is 9.47 Å². The molecule has 2 fully saturated rings. The second kappa shape index (κ2) is 8.29. The summed E-state index contributed by atoms with van der Waals surface area (Å²) in [7, 11) is 0. The van der Waals surface area contributed by atoms with E-state index < -0.39 is 12.1 Å². The van der Waals surface area contributed by atoms with Crippen molar-refractivity contribution in [3.63, 3.8) is 0 Å². The number of esters is 2. The number of ether oxygens (including phenoxy) is 2. The van der Waals surface area contributed by atoms with Crippen molar-refractivity contribution in [2.75, 3.05) is 13.2 Å². The summed E-state index contributed by atoms with van der Waals surface area (Å²) in [4.78, 5) is 24.2. The van der Waals surface area contributed by atoms with Crippen LogP contribution < -0.4 is 0 Å². The van der Waals surface area contributed by atoms with Gasteiger partial charge in [-0.3, -0.25) is 9.59 Å². The van der Waals surface area contributed by atoms with Crippen LogP contribution in [0.3, 0.4) is 0 Å². The van der Waals surface area contributed by atoms with E-state index in [9.17, 15) is 14.7 Å². The molecule has 0 aliphatic heterocycles. The van der Waals surface area contributed by atoms with Crippen molar-refractivity contribution < 1.29 is 24.2 Å². The molecule has 5 heteroatoms. The number of aliphatic hydroxyl groups excluding tert-OH is 1. The number of hydrogen-bond acceptors (Lipinski definition) is 5. The molecule has 5 nitrogen and oxygen atoms in total. The Labute approximate surface area is 181 Å². The quantitative estimate of drug-likeness (QED) is 0.517. The molecule has 3 aliphatic carbocycles. The van der Waals surface area contributed by atoms with Crippen molar-refractivity contribution in [3.05, 3.63) is 11.6 Å². The van der Waals surface area contributed by atoms with Gasteiger partial charge < -0.3 is 14.6 Å². The molecule has 0 aromatic rings. The van der Waals surface area contributed by atoms with Crippen LogP contribution in [-0.2, 0) is 19.1 Å². The maximum absolute atomic E-state index is 13.3. The molecule has 6 unspecified atom stereocenters. The van der Waals surface area contributed by atoms with Crippen molar-refractivity contribution in [1.29, 1.82) is 0 Å². The molecule has 0 bridgehead atoms. The van der Waals surface area contributed by atoms with Gasteiger partial charge in [0.05, 0.1) is 5.92 Å². The third kappa shape index (κ3) is 3.94. The van der Waals surface area contributed by atoms with E-state index in [1.165, 1.54) is 26.2 Å². The molecule has 0 radical (unpaired) electrons. The fourth-order valence-electron chi connectivity index (χ4n) is 6.84. The standard InChI is InChI=1S/C25H40O5/c1-16-9-12-24(5)20-8-7-11-23(3,4)19(20)10-13-25(24,6)21(16)22(28)30-15-18(27)14-29-17(2)26/h10,16,18,20-21,27H,7-9,11-15H2,1-6H3. The van der Waals surface area contributed by atoms with Crippen molar-refractivity contribution in [2.24, 2.45) is 34.0 Å². The molecule has 2 saturated carbocycles. The summed E-state index contributed by atoms with van der Waals surface area (Å²) in [5.41, 5.74) is 1.76. The molecule has 170 valence electrons. The Morgan fingerprint density at radius 3 is 2.43 bits per heavy atom. The lowest BCUT2D eigenvalue weighted by Gasteiger charge is -2.63. The number of fused-ring (bicyclic) bond motifs is 3. The summed E-state index contributed by atoms with van der Waals surface area (Å²) in [5, 5.41) is 10.0. The lowest BCUT2D eigenvalue weighted by molar-refractivity contribution is -0.178. The van der Waals surface area contributed by atoms with Crippen molar-refractivity contribution in [2.45, 2.75) is 86.2 Å². The molecule has 3 aliphatic rings. The van der Waals surface area contributed by atoms with Crippen LogP contribution in [0.2, 0.25) is 0 Å². The van der Waals surface area contributed by atoms with E-state index in [0.717, 1.165) is 19.3 Å². The van der Waals surface area contributed by atoms with Gasteiger partial charge in [0.2, 0.25) is 0 Å². The van der Waals surface area contributed by atoms with Gasteiger partial charge in [-0.25, -0.2) is 0 Å². The first-order chi connectivity index (χ1) is 13.9. The summed E-state index contributed by atoms with van der Waals surface area (Å²) in [6, 6.07) is 0. The second-order valence-corrected chi connectivity index (χ2v) is 11.1. The third-order valence-corrected chi connectivity index (χ3v) is 8.80. The molecule has 0 amide bonds. The van der Waals surface area contributed by atoms with Gasteiger partial charge >= 0.3 is 11.9 Å². The van der Waals surface area contributed by atoms with Crippen LogP contribution in [0.4, 0.5) is 0 Å². The number of rotatable bonds is 5. The molecule has 1 N–H and O–H groups in total. The van der Waals surface area contributed by atoms with E-state index in [0.29, 0.717) is 5.92 Å². The Morgan fingerprint density at radius 2 is 1.77 bits per heavy atom. The Morgan fingerprint density at radius 1 is 1.10 bits per heavy atom. The summed E-state index contributed by atoms with van der Waals surface area (Å²) >= 11 is 0. The van der Waals surface area contributed by atoms with Crippen LogP contribution in [0.5, 0.6) is 0 Å². The Balaban J connectivity index is 1.81. The first-order valence-electron chi connectivity index (χ1n) is 11.6. The van der Waals surface area contributed by atoms with Gasteiger partial charge in [-0.15, -0.1) is 0 Å². The SMILES string of the molecule is CC(=O)OCC(O)COC(=O)C1C(C)CCC2(C)C3CCCC(C)(C)C3=CCC12C. The minimum absolute atomic E-state index is 0.0708. The highest BCUT2D eigenvalue weighted by Gasteiger charge is 2.62. The van der Waals surface area contributed by atoms with Gasteiger partial charge in [0.15, 0.2) is 0 Å². The minimum atomic E-state index is -0.993. The second-order valence-electron chi connectivity index (χ2n) is 11.1. The van der Waals surface area contributed by atoms with E-state index in [1.807, 2.05) is 0 Å². The van der Waals surface area contributed by atoms with Crippen molar-refractivity contribution in [3.8, 4) is 0 Å². The van der Waals surface area contributed by atoms with Crippen molar-refractivity contribution >= 4 is 11.9 Å². The maximum atomic E-state index is 13.3. The third-order valence-electron chi connectivity index (χ3n) is 8.80. The zero-order valence-corrected chi connectivity index (χ0v) is 19.6. The molecule has 3 rings (SSSR count). The van der Waals surface area contributed by atoms with Crippen LogP contribution in [0, 0.1) is 34.0 Å². The Kier molecular flexibility index (Phi) is 6.44. The zero-order valence-electron chi connectivity index (χ0n) is 19.6. The molecule has 0 heterocycles. The van der Waals surface area contributed by atoms with Crippen LogP contribution in [0.15, 0.2) is 11.6 Å². The molecular formula is C25H40O5. The Hall–Kier alpha value is -1.36. The van der Waals surface area contributed by atoms with Crippen molar-refractivity contribution in [1.82, 2.24) is 0 Å². The number of carbonyl (C=O) groups excluding carboxylic acids is 2. The van der Waals surface area contributed by atoms with Gasteiger partial charge in [0.1, 0.15) is 19.3 Å². The van der Waals surface area contributed by atoms with E-state index in [2.05, 4.69) is 40.7 Å². The summed E-state index contributed by atoms with van der Waals surface area (Å²) < 4.78 is 10.4. The van der Waals surface area contributed by atoms with Crippen LogP contribution in [0.25, 0.3) is 0 Å². The average Bonchev–Trinajstić information content (AvgIpc) is 2.65. The van der Waals surface area contributed by atoms with Gasteiger partial charge in [0.25, 0.3) is 0 Å².